The fourth-order valence-corrected chi connectivity index (χ4v) is 6.56. The zero-order chi connectivity index (χ0) is 32.8. The quantitative estimate of drug-likeness (QED) is 0.158. The zero-order valence-electron chi connectivity index (χ0n) is 25.3. The Morgan fingerprint density at radius 3 is 1.91 bits per heavy atom. The molecule has 0 unspecified atom stereocenters. The van der Waals surface area contributed by atoms with Gasteiger partial charge in [0, 0.05) is 16.6 Å². The molecule has 0 spiro atoms. The molecule has 0 bridgehead atoms. The van der Waals surface area contributed by atoms with Crippen LogP contribution in [0.4, 0.5) is 0 Å². The predicted molar refractivity (Wildman–Crippen MR) is 180 cm³/mol. The van der Waals surface area contributed by atoms with E-state index in [4.69, 9.17) is 11.6 Å². The molecule has 0 amide bonds. The van der Waals surface area contributed by atoms with Gasteiger partial charge in [0.1, 0.15) is 0 Å². The summed E-state index contributed by atoms with van der Waals surface area (Å²) in [6.07, 6.45) is 4.71. The molecule has 46 heavy (non-hydrogen) atoms. The van der Waals surface area contributed by atoms with Crippen molar-refractivity contribution in [2.24, 2.45) is 0 Å². The van der Waals surface area contributed by atoms with Crippen molar-refractivity contribution in [1.82, 2.24) is 29.7 Å². The molecule has 0 radical (unpaired) electrons. The summed E-state index contributed by atoms with van der Waals surface area (Å²) in [6, 6.07) is 10.2. The summed E-state index contributed by atoms with van der Waals surface area (Å²) in [5.41, 5.74) is 0.807. The van der Waals surface area contributed by atoms with Gasteiger partial charge in [0.2, 0.25) is 0 Å². The van der Waals surface area contributed by atoms with Gasteiger partial charge in [0.05, 0.1) is 77.0 Å². The minimum atomic E-state index is -0.752. The Hall–Kier alpha value is -2.75. The molecule has 248 valence electrons. The molecule has 2 aromatic carbocycles. The second-order valence-electron chi connectivity index (χ2n) is 12.0. The fraction of sp³-hybridized carbons (Fsp3) is 0.500. The largest absolute Gasteiger partial charge is 0.392 e. The first kappa shape index (κ1) is 34.6. The molecule has 0 saturated carbocycles. The van der Waals surface area contributed by atoms with Crippen molar-refractivity contribution >= 4 is 49.3 Å². The molecule has 2 fully saturated rings. The van der Waals surface area contributed by atoms with Crippen LogP contribution in [0.25, 0.3) is 21.8 Å². The Morgan fingerprint density at radius 1 is 0.826 bits per heavy atom. The number of nitrogens with one attached hydrogen (secondary N) is 2. The fourth-order valence-electron chi connectivity index (χ4n) is 6.06. The molecule has 4 heterocycles. The first-order chi connectivity index (χ1) is 22.1. The second kappa shape index (κ2) is 15.9. The predicted octanol–water partition coefficient (Wildman–Crippen LogP) is 1.94. The van der Waals surface area contributed by atoms with Crippen molar-refractivity contribution in [1.29, 1.82) is 0 Å². The second-order valence-corrected chi connectivity index (χ2v) is 13.3. The van der Waals surface area contributed by atoms with Crippen molar-refractivity contribution in [3.05, 3.63) is 79.3 Å². The Balaban J connectivity index is 0.000000182. The Labute approximate surface area is 279 Å². The van der Waals surface area contributed by atoms with E-state index in [1.165, 1.54) is 21.8 Å². The van der Waals surface area contributed by atoms with Gasteiger partial charge in [-0.2, -0.15) is 0 Å². The van der Waals surface area contributed by atoms with Crippen LogP contribution < -0.4 is 21.8 Å². The van der Waals surface area contributed by atoms with Crippen molar-refractivity contribution in [2.75, 3.05) is 13.1 Å². The third kappa shape index (κ3) is 8.58. The van der Waals surface area contributed by atoms with E-state index in [1.807, 2.05) is 6.07 Å². The van der Waals surface area contributed by atoms with Gasteiger partial charge in [-0.05, 0) is 91.8 Å². The standard InChI is InChI=1S/C16H19BrClN3O3.C16H21N3O3/c17-11-6-13-10(5-12(11)18)16(24)21(8-20-13)7-9(22)4-14-15(23)2-1-3-19-14;20-11(8-14-15(21)6-3-7-17-14)9-19-10-18-13-5-2-1-4-12(13)16(19)22/h5-6,8-9,14-15,19,22-23H,1-4,7H2;1-2,4-5,10-11,14-15,17,20-21H,3,6-9H2/t9-,14-,15+;11-,14-,15+/m11/s1. The molecule has 4 aromatic rings. The average molecular weight is 720 g/mol. The minimum Gasteiger partial charge on any atom is -0.392 e. The molecular weight excluding hydrogens is 680 g/mol. The van der Waals surface area contributed by atoms with Gasteiger partial charge in [-0.15, -0.1) is 0 Å². The summed E-state index contributed by atoms with van der Waals surface area (Å²) in [5.74, 6) is 0. The number of nitrogens with zero attached hydrogens (tertiary/aromatic N) is 4. The number of piperidine rings is 2. The van der Waals surface area contributed by atoms with E-state index < -0.39 is 24.4 Å². The van der Waals surface area contributed by atoms with Crippen LogP contribution in [0.15, 0.2) is 63.1 Å². The summed E-state index contributed by atoms with van der Waals surface area (Å²) < 4.78 is 3.49. The lowest BCUT2D eigenvalue weighted by molar-refractivity contribution is 0.0539. The molecule has 6 atom stereocenters. The SMILES string of the molecule is O=c1c2cc(Cl)c(Br)cc2ncn1C[C@H](O)C[C@H]1NCCC[C@@H]1O.O=c1c2ccccc2ncn1C[C@H](O)C[C@H]1NCCC[C@@H]1O. The van der Waals surface area contributed by atoms with E-state index in [0.29, 0.717) is 44.1 Å². The van der Waals surface area contributed by atoms with Gasteiger partial charge in [-0.1, -0.05) is 23.7 Å². The maximum absolute atomic E-state index is 12.6. The van der Waals surface area contributed by atoms with Gasteiger partial charge < -0.3 is 31.1 Å². The highest BCUT2D eigenvalue weighted by Gasteiger charge is 2.26. The van der Waals surface area contributed by atoms with Crippen LogP contribution in [0, 0.1) is 0 Å². The van der Waals surface area contributed by atoms with Gasteiger partial charge in [0.25, 0.3) is 11.1 Å². The van der Waals surface area contributed by atoms with Crippen molar-refractivity contribution in [2.45, 2.75) is 88.1 Å². The summed E-state index contributed by atoms with van der Waals surface area (Å²) >= 11 is 9.36. The van der Waals surface area contributed by atoms with Gasteiger partial charge >= 0.3 is 0 Å². The summed E-state index contributed by atoms with van der Waals surface area (Å²) in [5, 5.41) is 48.2. The smallest absolute Gasteiger partial charge is 0.261 e. The van der Waals surface area contributed by atoms with Gasteiger partial charge in [-0.3, -0.25) is 18.7 Å². The molecule has 0 aliphatic carbocycles. The van der Waals surface area contributed by atoms with Gasteiger partial charge in [0.15, 0.2) is 0 Å². The number of rotatable bonds is 8. The topological polar surface area (TPSA) is 175 Å². The van der Waals surface area contributed by atoms with Crippen LogP contribution in [0.2, 0.25) is 5.02 Å². The lowest BCUT2D eigenvalue weighted by Gasteiger charge is -2.30. The molecule has 2 aromatic heterocycles. The summed E-state index contributed by atoms with van der Waals surface area (Å²) in [6.45, 7) is 1.99. The maximum Gasteiger partial charge on any atom is 0.261 e. The van der Waals surface area contributed by atoms with Crippen LogP contribution in [0.5, 0.6) is 0 Å². The van der Waals surface area contributed by atoms with E-state index in [1.54, 1.807) is 30.3 Å². The molecule has 12 nitrogen and oxygen atoms in total. The van der Waals surface area contributed by atoms with Crippen LogP contribution in [0.1, 0.15) is 38.5 Å². The number of benzene rings is 2. The maximum atomic E-state index is 12.6. The minimum absolute atomic E-state index is 0.118. The van der Waals surface area contributed by atoms with E-state index in [2.05, 4.69) is 36.5 Å². The first-order valence-corrected chi connectivity index (χ1v) is 16.7. The lowest BCUT2D eigenvalue weighted by atomic mass is 9.96. The lowest BCUT2D eigenvalue weighted by Crippen LogP contribution is -2.47. The van der Waals surface area contributed by atoms with Crippen LogP contribution >= 0.6 is 27.5 Å². The summed E-state index contributed by atoms with van der Waals surface area (Å²) in [4.78, 5) is 33.4. The van der Waals surface area contributed by atoms with E-state index in [9.17, 15) is 30.0 Å². The van der Waals surface area contributed by atoms with Crippen LogP contribution in [-0.2, 0) is 13.1 Å². The van der Waals surface area contributed by atoms with Crippen LogP contribution in [-0.4, -0.2) is 89.1 Å². The molecule has 6 rings (SSSR count). The van der Waals surface area contributed by atoms with Crippen molar-refractivity contribution in [3.63, 3.8) is 0 Å². The molecule has 2 saturated heterocycles. The molecule has 6 N–H and O–H groups in total. The Bertz CT molecular complexity index is 1750. The monoisotopic (exact) mass is 718 g/mol. The number of hydrogen-bond acceptors (Lipinski definition) is 10. The molecule has 2 aliphatic rings. The molecule has 2 aliphatic heterocycles. The average Bonchev–Trinajstić information content (AvgIpc) is 3.04. The third-order valence-electron chi connectivity index (χ3n) is 8.56. The van der Waals surface area contributed by atoms with E-state index in [-0.39, 0.29) is 36.3 Å². The van der Waals surface area contributed by atoms with Crippen LogP contribution in [0.3, 0.4) is 0 Å². The zero-order valence-corrected chi connectivity index (χ0v) is 27.6. The highest BCUT2D eigenvalue weighted by molar-refractivity contribution is 9.10. The van der Waals surface area contributed by atoms with E-state index >= 15 is 0 Å². The Morgan fingerprint density at radius 2 is 1.35 bits per heavy atom. The first-order valence-electron chi connectivity index (χ1n) is 15.6. The normalized spacial score (nSPS) is 23.1. The van der Waals surface area contributed by atoms with Crippen molar-refractivity contribution < 1.29 is 20.4 Å². The molecule has 14 heteroatoms. The summed E-state index contributed by atoms with van der Waals surface area (Å²) in [7, 11) is 0. The number of para-hydroxylation sites is 1. The number of aromatic nitrogens is 4. The van der Waals surface area contributed by atoms with E-state index in [0.717, 1.165) is 38.8 Å². The van der Waals surface area contributed by atoms with Gasteiger partial charge in [-0.25, -0.2) is 9.97 Å². The Kier molecular flexibility index (Phi) is 12.0. The highest BCUT2D eigenvalue weighted by atomic mass is 79.9. The number of aliphatic hydroxyl groups is 4. The van der Waals surface area contributed by atoms with Crippen molar-refractivity contribution in [3.8, 4) is 0 Å². The number of halogens is 2. The third-order valence-corrected chi connectivity index (χ3v) is 9.76. The number of aliphatic hydroxyl groups excluding tert-OH is 4. The molecular formula is C32H40BrClN6O6. The number of hydrogen-bond donors (Lipinski definition) is 6. The highest BCUT2D eigenvalue weighted by Crippen LogP contribution is 2.25. The number of fused-ring (bicyclic) bond motifs is 2.